The van der Waals surface area contributed by atoms with E-state index < -0.39 is 58.7 Å². The summed E-state index contributed by atoms with van der Waals surface area (Å²) in [7, 11) is -9.65. The third-order valence-electron chi connectivity index (χ3n) is 5.01. The molecule has 0 saturated carbocycles. The van der Waals surface area contributed by atoms with Crippen LogP contribution in [0.2, 0.25) is 5.02 Å². The van der Waals surface area contributed by atoms with E-state index in [0.29, 0.717) is 6.07 Å². The van der Waals surface area contributed by atoms with Crippen LogP contribution >= 0.6 is 11.6 Å². The molecule has 1 amide bonds. The molecule has 3 aromatic carbocycles. The average Bonchev–Trinajstić information content (AvgIpc) is 2.81. The van der Waals surface area contributed by atoms with Crippen LogP contribution in [0.15, 0.2) is 58.3 Å². The molecule has 0 radical (unpaired) electrons. The third kappa shape index (κ3) is 5.63. The van der Waals surface area contributed by atoms with Gasteiger partial charge in [0.2, 0.25) is 5.95 Å². The lowest BCUT2D eigenvalue weighted by atomic mass is 10.1. The van der Waals surface area contributed by atoms with E-state index in [4.69, 9.17) is 11.6 Å². The largest absolute Gasteiger partial charge is 0.507 e. The second kappa shape index (κ2) is 9.73. The molecule has 4 aromatic rings. The number of nitrogens with one attached hydrogen (secondary N) is 2. The predicted octanol–water partition coefficient (Wildman–Crippen LogP) is 3.76. The Morgan fingerprint density at radius 3 is 2.05 bits per heavy atom. The van der Waals surface area contributed by atoms with E-state index in [1.165, 1.54) is 24.3 Å². The van der Waals surface area contributed by atoms with E-state index in [1.54, 1.807) is 0 Å². The Kier molecular flexibility index (Phi) is 6.94. The number of aromatic nitrogens is 2. The van der Waals surface area contributed by atoms with Gasteiger partial charge in [0.15, 0.2) is 5.82 Å². The first-order chi connectivity index (χ1) is 17.6. The van der Waals surface area contributed by atoms with Gasteiger partial charge in [0, 0.05) is 22.7 Å². The van der Waals surface area contributed by atoms with Gasteiger partial charge in [-0.3, -0.25) is 13.9 Å². The Bertz CT molecular complexity index is 1830. The van der Waals surface area contributed by atoms with E-state index in [1.807, 2.05) is 0 Å². The number of hydrogen-bond acceptors (Lipinski definition) is 9. The van der Waals surface area contributed by atoms with E-state index in [0.717, 1.165) is 18.2 Å². The Labute approximate surface area is 217 Å². The van der Waals surface area contributed by atoms with Crippen LogP contribution in [0.25, 0.3) is 10.8 Å². The third-order valence-corrected chi connectivity index (χ3v) is 7.01. The van der Waals surface area contributed by atoms with Gasteiger partial charge < -0.3 is 15.7 Å². The molecule has 0 aliphatic rings. The number of aromatic hydroxyl groups is 1. The van der Waals surface area contributed by atoms with Gasteiger partial charge in [0.1, 0.15) is 10.8 Å². The van der Waals surface area contributed by atoms with Crippen molar-refractivity contribution in [2.45, 2.75) is 9.79 Å². The molecule has 0 saturated heterocycles. The molecule has 0 atom stereocenters. The Hall–Kier alpha value is -3.96. The van der Waals surface area contributed by atoms with Crippen molar-refractivity contribution in [2.24, 2.45) is 0 Å². The molecular formula is C21H13ClF2N4O8S2. The Balaban J connectivity index is 1.69. The summed E-state index contributed by atoms with van der Waals surface area (Å²) in [5.41, 5.74) is -0.114. The molecule has 17 heteroatoms. The van der Waals surface area contributed by atoms with Crippen molar-refractivity contribution in [1.82, 2.24) is 9.97 Å². The zero-order valence-electron chi connectivity index (χ0n) is 18.3. The van der Waals surface area contributed by atoms with Crippen molar-refractivity contribution in [3.63, 3.8) is 0 Å². The maximum atomic E-state index is 13.5. The van der Waals surface area contributed by atoms with Gasteiger partial charge in [0.25, 0.3) is 26.1 Å². The van der Waals surface area contributed by atoms with Crippen LogP contribution in [0.5, 0.6) is 5.75 Å². The van der Waals surface area contributed by atoms with Crippen molar-refractivity contribution < 1.29 is 44.6 Å². The van der Waals surface area contributed by atoms with Gasteiger partial charge in [0.05, 0.1) is 15.5 Å². The fourth-order valence-corrected chi connectivity index (χ4v) is 4.56. The zero-order valence-corrected chi connectivity index (χ0v) is 20.7. The molecule has 5 N–H and O–H groups in total. The minimum Gasteiger partial charge on any atom is -0.507 e. The number of phenols is 1. The number of carbonyl (C=O) groups excluding carboxylic acids is 1. The minimum absolute atomic E-state index is 0.0128. The molecule has 0 unspecified atom stereocenters. The van der Waals surface area contributed by atoms with Crippen LogP contribution < -0.4 is 10.6 Å². The van der Waals surface area contributed by atoms with Crippen molar-refractivity contribution in [2.75, 3.05) is 10.6 Å². The molecule has 0 aliphatic heterocycles. The minimum atomic E-state index is -4.85. The lowest BCUT2D eigenvalue weighted by Gasteiger charge is -2.13. The first kappa shape index (κ1) is 27.1. The van der Waals surface area contributed by atoms with Crippen molar-refractivity contribution >= 4 is 65.7 Å². The van der Waals surface area contributed by atoms with Gasteiger partial charge in [-0.1, -0.05) is 11.6 Å². The molecule has 4 rings (SSSR count). The predicted molar refractivity (Wildman–Crippen MR) is 130 cm³/mol. The van der Waals surface area contributed by atoms with E-state index >= 15 is 0 Å². The average molecular weight is 587 g/mol. The van der Waals surface area contributed by atoms with Crippen LogP contribution in [-0.2, 0) is 20.2 Å². The summed E-state index contributed by atoms with van der Waals surface area (Å²) < 4.78 is 92.1. The molecule has 12 nitrogen and oxygen atoms in total. The van der Waals surface area contributed by atoms with Gasteiger partial charge in [-0.25, -0.2) is 0 Å². The SMILES string of the molecule is O=C(Nc1cc(S(=O)(=O)O)cc2cc(S(=O)(=O)O)cc(O)c12)c1ccc(Nc2nc(F)nc(F)c2Cl)cc1. The normalized spacial score (nSPS) is 11.9. The molecule has 198 valence electrons. The second-order valence-corrected chi connectivity index (χ2v) is 10.8. The van der Waals surface area contributed by atoms with Crippen molar-refractivity contribution in [3.8, 4) is 5.75 Å². The summed E-state index contributed by atoms with van der Waals surface area (Å²) in [5.74, 6) is -3.22. The first-order valence-corrected chi connectivity index (χ1v) is 13.2. The van der Waals surface area contributed by atoms with Crippen LogP contribution in [0, 0.1) is 12.0 Å². The fourth-order valence-electron chi connectivity index (χ4n) is 3.35. The molecule has 38 heavy (non-hydrogen) atoms. The molecule has 0 fully saturated rings. The summed E-state index contributed by atoms with van der Waals surface area (Å²) in [6, 6.07) is 8.37. The first-order valence-electron chi connectivity index (χ1n) is 9.96. The number of carbonyl (C=O) groups is 1. The number of halogens is 3. The highest BCUT2D eigenvalue weighted by Crippen LogP contribution is 2.37. The molecule has 1 heterocycles. The van der Waals surface area contributed by atoms with Gasteiger partial charge in [-0.2, -0.15) is 35.6 Å². The molecule has 0 spiro atoms. The summed E-state index contributed by atoms with van der Waals surface area (Å²) >= 11 is 5.71. The van der Waals surface area contributed by atoms with Gasteiger partial charge in [-0.05, 0) is 47.9 Å². The topological polar surface area (TPSA) is 196 Å². The molecule has 0 aliphatic carbocycles. The molecule has 0 bridgehead atoms. The molecular weight excluding hydrogens is 574 g/mol. The number of rotatable bonds is 6. The number of amides is 1. The van der Waals surface area contributed by atoms with Crippen molar-refractivity contribution in [3.05, 3.63) is 71.1 Å². The Morgan fingerprint density at radius 2 is 1.47 bits per heavy atom. The number of anilines is 3. The number of nitrogens with zero attached hydrogens (tertiary/aromatic N) is 2. The Morgan fingerprint density at radius 1 is 0.895 bits per heavy atom. The fraction of sp³-hybridized carbons (Fsp3) is 0. The monoisotopic (exact) mass is 586 g/mol. The summed E-state index contributed by atoms with van der Waals surface area (Å²) in [5, 5.41) is 14.3. The maximum Gasteiger partial charge on any atom is 0.313 e. The van der Waals surface area contributed by atoms with Crippen LogP contribution in [0.4, 0.5) is 26.0 Å². The number of benzene rings is 3. The lowest BCUT2D eigenvalue weighted by molar-refractivity contribution is 0.102. The van der Waals surface area contributed by atoms with Crippen LogP contribution in [0.3, 0.4) is 0 Å². The summed E-state index contributed by atoms with van der Waals surface area (Å²) in [4.78, 5) is 17.5. The van der Waals surface area contributed by atoms with Gasteiger partial charge >= 0.3 is 6.08 Å². The highest BCUT2D eigenvalue weighted by Gasteiger charge is 2.21. The molecule has 1 aromatic heterocycles. The van der Waals surface area contributed by atoms with Gasteiger partial charge in [-0.15, -0.1) is 0 Å². The van der Waals surface area contributed by atoms with E-state index in [9.17, 15) is 44.6 Å². The summed E-state index contributed by atoms with van der Waals surface area (Å²) in [6.45, 7) is 0. The standard InChI is InChI=1S/C21H13ClF2N4O8S2/c22-17-18(23)27-21(24)28-19(17)25-11-3-1-9(2-4-11)20(30)26-14-7-12(37(31,32)33)5-10-6-13(38(34,35)36)8-15(29)16(10)14/h1-8,29H,(H,26,30)(H,25,27,28)(H,31,32,33)(H,34,35,36). The number of fused-ring (bicyclic) bond motifs is 1. The highest BCUT2D eigenvalue weighted by atomic mass is 35.5. The van der Waals surface area contributed by atoms with Crippen LogP contribution in [-0.4, -0.2) is 46.9 Å². The van der Waals surface area contributed by atoms with E-state index in [-0.39, 0.29) is 33.5 Å². The quantitative estimate of drug-likeness (QED) is 0.125. The smallest absolute Gasteiger partial charge is 0.313 e. The summed E-state index contributed by atoms with van der Waals surface area (Å²) in [6.07, 6.45) is -1.36. The van der Waals surface area contributed by atoms with Crippen molar-refractivity contribution in [1.29, 1.82) is 0 Å². The number of phenolic OH excluding ortho intramolecular Hbond substituents is 1. The lowest BCUT2D eigenvalue weighted by Crippen LogP contribution is -2.13. The second-order valence-electron chi connectivity index (χ2n) is 7.56. The highest BCUT2D eigenvalue weighted by molar-refractivity contribution is 7.86. The zero-order chi connectivity index (χ0) is 28.0. The van der Waals surface area contributed by atoms with E-state index in [2.05, 4.69) is 20.6 Å². The maximum absolute atomic E-state index is 13.5. The number of hydrogen-bond donors (Lipinski definition) is 5. The van der Waals surface area contributed by atoms with Crippen LogP contribution in [0.1, 0.15) is 10.4 Å².